The number of hydrogen-bond acceptors (Lipinski definition) is 6. The summed E-state index contributed by atoms with van der Waals surface area (Å²) in [6, 6.07) is 11.1. The Morgan fingerprint density at radius 3 is 2.41 bits per heavy atom. The predicted molar refractivity (Wildman–Crippen MR) is 120 cm³/mol. The van der Waals surface area contributed by atoms with Gasteiger partial charge in [0.2, 0.25) is 11.7 Å². The van der Waals surface area contributed by atoms with Crippen LogP contribution in [0.2, 0.25) is 0 Å². The molecule has 2 aromatic carbocycles. The average molecular weight is 444 g/mol. The van der Waals surface area contributed by atoms with Crippen LogP contribution >= 0.6 is 0 Å². The molecule has 1 atom stereocenters. The third kappa shape index (κ3) is 6.44. The first kappa shape index (κ1) is 24.6. The molecule has 172 valence electrons. The van der Waals surface area contributed by atoms with Crippen LogP contribution in [0.25, 0.3) is 0 Å². The second-order valence-corrected chi connectivity index (χ2v) is 7.21. The molecule has 0 aromatic heterocycles. The number of nitro benzene ring substituents is 1. The quantitative estimate of drug-likeness (QED) is 0.422. The second kappa shape index (κ2) is 11.7. The lowest BCUT2D eigenvalue weighted by molar-refractivity contribution is -0.385. The Bertz CT molecular complexity index is 945. The molecule has 0 aliphatic rings. The summed E-state index contributed by atoms with van der Waals surface area (Å²) in [4.78, 5) is 37.7. The molecule has 0 aliphatic carbocycles. The lowest BCUT2D eigenvalue weighted by Gasteiger charge is -2.30. The van der Waals surface area contributed by atoms with Crippen molar-refractivity contribution >= 4 is 17.5 Å². The first-order valence-corrected chi connectivity index (χ1v) is 10.4. The summed E-state index contributed by atoms with van der Waals surface area (Å²) in [5.41, 5.74) is 1.79. The fourth-order valence-electron chi connectivity index (χ4n) is 3.23. The van der Waals surface area contributed by atoms with Crippen molar-refractivity contribution in [2.45, 2.75) is 39.8 Å². The van der Waals surface area contributed by atoms with Crippen LogP contribution in [0, 0.1) is 17.0 Å². The molecule has 0 spiro atoms. The second-order valence-electron chi connectivity index (χ2n) is 7.21. The van der Waals surface area contributed by atoms with Crippen LogP contribution in [0.1, 0.15) is 31.4 Å². The topological polar surface area (TPSA) is 111 Å². The molecule has 32 heavy (non-hydrogen) atoms. The van der Waals surface area contributed by atoms with Crippen molar-refractivity contribution in [3.05, 3.63) is 63.7 Å². The van der Waals surface area contributed by atoms with Crippen LogP contribution in [-0.4, -0.2) is 47.9 Å². The summed E-state index contributed by atoms with van der Waals surface area (Å²) in [6.07, 6.45) is 0.439. The van der Waals surface area contributed by atoms with Crippen LogP contribution in [0.3, 0.4) is 0 Å². The fourth-order valence-corrected chi connectivity index (χ4v) is 3.23. The van der Waals surface area contributed by atoms with Gasteiger partial charge in [-0.3, -0.25) is 19.7 Å². The molecule has 1 N–H and O–H groups in total. The maximum Gasteiger partial charge on any atom is 0.311 e. The number of hydrogen-bond donors (Lipinski definition) is 1. The summed E-state index contributed by atoms with van der Waals surface area (Å²) in [5.74, 6) is -0.319. The molecule has 0 saturated heterocycles. The van der Waals surface area contributed by atoms with E-state index in [9.17, 15) is 19.7 Å². The van der Waals surface area contributed by atoms with Gasteiger partial charge in [0.15, 0.2) is 6.61 Å². The van der Waals surface area contributed by atoms with Gasteiger partial charge < -0.3 is 19.7 Å². The Hall–Kier alpha value is -3.62. The highest BCUT2D eigenvalue weighted by Crippen LogP contribution is 2.30. The molecule has 0 radical (unpaired) electrons. The number of benzene rings is 2. The number of aryl methyl sites for hydroxylation is 1. The van der Waals surface area contributed by atoms with Gasteiger partial charge in [0.25, 0.3) is 5.91 Å². The lowest BCUT2D eigenvalue weighted by Crippen LogP contribution is -2.50. The average Bonchev–Trinajstić information content (AvgIpc) is 2.78. The standard InChI is InChI=1S/C23H29N3O6/c1-5-19(23(28)24-6-2)25(14-17-9-7-16(3)8-10-17)22(27)15-32-18-11-12-20(26(29)30)21(13-18)31-4/h7-13,19H,5-6,14-15H2,1-4H3,(H,24,28)/t19-/m0/s1. The van der Waals surface area contributed by atoms with E-state index in [1.807, 2.05) is 45.0 Å². The summed E-state index contributed by atoms with van der Waals surface area (Å²) < 4.78 is 10.6. The van der Waals surface area contributed by atoms with Crippen LogP contribution < -0.4 is 14.8 Å². The van der Waals surface area contributed by atoms with Crippen LogP contribution in [0.4, 0.5) is 5.69 Å². The van der Waals surface area contributed by atoms with E-state index in [0.717, 1.165) is 11.1 Å². The largest absolute Gasteiger partial charge is 0.490 e. The highest BCUT2D eigenvalue weighted by molar-refractivity contribution is 5.88. The van der Waals surface area contributed by atoms with Gasteiger partial charge >= 0.3 is 5.69 Å². The van der Waals surface area contributed by atoms with E-state index in [-0.39, 0.29) is 42.2 Å². The summed E-state index contributed by atoms with van der Waals surface area (Å²) in [7, 11) is 1.32. The maximum atomic E-state index is 13.1. The summed E-state index contributed by atoms with van der Waals surface area (Å²) in [6.45, 7) is 6.02. The van der Waals surface area contributed by atoms with Crippen molar-refractivity contribution in [2.75, 3.05) is 20.3 Å². The Labute approximate surface area is 187 Å². The molecule has 0 bridgehead atoms. The van der Waals surface area contributed by atoms with Gasteiger partial charge in [-0.2, -0.15) is 0 Å². The van der Waals surface area contributed by atoms with Crippen molar-refractivity contribution in [2.24, 2.45) is 0 Å². The number of rotatable bonds is 11. The molecule has 0 fully saturated rings. The molecule has 2 amide bonds. The zero-order valence-corrected chi connectivity index (χ0v) is 18.8. The van der Waals surface area contributed by atoms with Gasteiger partial charge in [0.05, 0.1) is 12.0 Å². The minimum Gasteiger partial charge on any atom is -0.490 e. The van der Waals surface area contributed by atoms with Gasteiger partial charge in [-0.25, -0.2) is 0 Å². The summed E-state index contributed by atoms with van der Waals surface area (Å²) >= 11 is 0. The van der Waals surface area contributed by atoms with Gasteiger partial charge in [0, 0.05) is 25.2 Å². The smallest absolute Gasteiger partial charge is 0.311 e. The highest BCUT2D eigenvalue weighted by Gasteiger charge is 2.28. The van der Waals surface area contributed by atoms with Crippen LogP contribution in [-0.2, 0) is 16.1 Å². The Morgan fingerprint density at radius 1 is 1.16 bits per heavy atom. The molecule has 0 unspecified atom stereocenters. The third-order valence-corrected chi connectivity index (χ3v) is 4.92. The normalized spacial score (nSPS) is 11.4. The zero-order valence-electron chi connectivity index (χ0n) is 18.8. The minimum atomic E-state index is -0.654. The molecular formula is C23H29N3O6. The van der Waals surface area contributed by atoms with Crippen molar-refractivity contribution in [1.82, 2.24) is 10.2 Å². The first-order chi connectivity index (χ1) is 15.3. The zero-order chi connectivity index (χ0) is 23.7. The van der Waals surface area contributed by atoms with Crippen LogP contribution in [0.15, 0.2) is 42.5 Å². The van der Waals surface area contributed by atoms with Gasteiger partial charge in [-0.1, -0.05) is 36.8 Å². The van der Waals surface area contributed by atoms with Gasteiger partial charge in [-0.05, 0) is 31.9 Å². The van der Waals surface area contributed by atoms with Crippen molar-refractivity contribution in [3.63, 3.8) is 0 Å². The molecular weight excluding hydrogens is 414 g/mol. The number of amides is 2. The van der Waals surface area contributed by atoms with Crippen LogP contribution in [0.5, 0.6) is 11.5 Å². The third-order valence-electron chi connectivity index (χ3n) is 4.92. The first-order valence-electron chi connectivity index (χ1n) is 10.4. The highest BCUT2D eigenvalue weighted by atomic mass is 16.6. The molecule has 0 aliphatic heterocycles. The van der Waals surface area contributed by atoms with Crippen molar-refractivity contribution in [3.8, 4) is 11.5 Å². The summed E-state index contributed by atoms with van der Waals surface area (Å²) in [5, 5.41) is 13.8. The number of carbonyl (C=O) groups is 2. The number of methoxy groups -OCH3 is 1. The molecule has 0 saturated carbocycles. The van der Waals surface area contributed by atoms with E-state index in [2.05, 4.69) is 5.32 Å². The molecule has 0 heterocycles. The number of ether oxygens (including phenoxy) is 2. The van der Waals surface area contributed by atoms with E-state index in [1.54, 1.807) is 0 Å². The molecule has 9 nitrogen and oxygen atoms in total. The monoisotopic (exact) mass is 443 g/mol. The fraction of sp³-hybridized carbons (Fsp3) is 0.391. The van der Waals surface area contributed by atoms with E-state index < -0.39 is 11.0 Å². The molecule has 2 aromatic rings. The SMILES string of the molecule is CCNC(=O)[C@H](CC)N(Cc1ccc(C)cc1)C(=O)COc1ccc([N+](=O)[O-])c(OC)c1. The van der Waals surface area contributed by atoms with E-state index in [0.29, 0.717) is 13.0 Å². The Kier molecular flexibility index (Phi) is 9.00. The van der Waals surface area contributed by atoms with E-state index in [1.165, 1.54) is 30.2 Å². The van der Waals surface area contributed by atoms with Crippen molar-refractivity contribution in [1.29, 1.82) is 0 Å². The Balaban J connectivity index is 2.22. The number of likely N-dealkylation sites (N-methyl/N-ethyl adjacent to an activating group) is 1. The maximum absolute atomic E-state index is 13.1. The number of nitrogens with one attached hydrogen (secondary N) is 1. The van der Waals surface area contributed by atoms with Gasteiger partial charge in [-0.15, -0.1) is 0 Å². The number of nitro groups is 1. The Morgan fingerprint density at radius 2 is 1.84 bits per heavy atom. The predicted octanol–water partition coefficient (Wildman–Crippen LogP) is 3.23. The lowest BCUT2D eigenvalue weighted by atomic mass is 10.1. The van der Waals surface area contributed by atoms with Crippen molar-refractivity contribution < 1.29 is 24.0 Å². The molecule has 2 rings (SSSR count). The number of carbonyl (C=O) groups excluding carboxylic acids is 2. The van der Waals surface area contributed by atoms with E-state index in [4.69, 9.17) is 9.47 Å². The van der Waals surface area contributed by atoms with Gasteiger partial charge in [0.1, 0.15) is 11.8 Å². The molecule has 9 heteroatoms. The van der Waals surface area contributed by atoms with E-state index >= 15 is 0 Å². The number of nitrogens with zero attached hydrogens (tertiary/aromatic N) is 2. The minimum absolute atomic E-state index is 0.0326.